The molecule has 0 fully saturated rings. The summed E-state index contributed by atoms with van der Waals surface area (Å²) in [6, 6.07) is 11.1. The van der Waals surface area contributed by atoms with Gasteiger partial charge in [-0.25, -0.2) is 4.98 Å². The van der Waals surface area contributed by atoms with E-state index >= 15 is 0 Å². The molecule has 0 saturated carbocycles. The van der Waals surface area contributed by atoms with Gasteiger partial charge in [0.15, 0.2) is 6.29 Å². The van der Waals surface area contributed by atoms with Crippen molar-refractivity contribution in [3.63, 3.8) is 0 Å². The van der Waals surface area contributed by atoms with Crippen LogP contribution < -0.4 is 5.32 Å². The van der Waals surface area contributed by atoms with Gasteiger partial charge in [-0.1, -0.05) is 35.9 Å². The predicted molar refractivity (Wildman–Crippen MR) is 78.1 cm³/mol. The van der Waals surface area contributed by atoms with Crippen molar-refractivity contribution in [1.82, 2.24) is 4.98 Å². The van der Waals surface area contributed by atoms with E-state index in [-0.39, 0.29) is 0 Å². The molecule has 0 radical (unpaired) electrons. The number of anilines is 1. The number of nitrogens with one attached hydrogen (secondary N) is 1. The fraction of sp³-hybridized carbons (Fsp3) is 0.0667. The molecule has 0 aliphatic rings. The van der Waals surface area contributed by atoms with Crippen molar-refractivity contribution < 1.29 is 4.79 Å². The van der Waals surface area contributed by atoms with Gasteiger partial charge < -0.3 is 5.32 Å². The van der Waals surface area contributed by atoms with E-state index in [9.17, 15) is 4.79 Å². The molecule has 1 heterocycles. The molecular formula is C15H13ClN2O. The van der Waals surface area contributed by atoms with Crippen molar-refractivity contribution in [2.75, 3.05) is 5.32 Å². The van der Waals surface area contributed by atoms with E-state index in [4.69, 9.17) is 11.6 Å². The normalized spacial score (nSPS) is 11.2. The highest BCUT2D eigenvalue weighted by Gasteiger charge is 2.03. The summed E-state index contributed by atoms with van der Waals surface area (Å²) in [6.45, 7) is 1.92. The zero-order chi connectivity index (χ0) is 13.7. The SMILES string of the molecule is Cc1cccc(/C=C(\C=O)Nc2ccccn2)c1Cl. The van der Waals surface area contributed by atoms with Crippen LogP contribution in [0.25, 0.3) is 6.08 Å². The van der Waals surface area contributed by atoms with Crippen molar-refractivity contribution in [3.05, 3.63) is 64.4 Å². The first kappa shape index (κ1) is 13.3. The molecule has 3 nitrogen and oxygen atoms in total. The van der Waals surface area contributed by atoms with Crippen LogP contribution in [-0.2, 0) is 4.79 Å². The first-order valence-electron chi connectivity index (χ1n) is 5.81. The Morgan fingerprint density at radius 1 is 1.26 bits per heavy atom. The van der Waals surface area contributed by atoms with Crippen LogP contribution in [0.15, 0.2) is 48.3 Å². The zero-order valence-electron chi connectivity index (χ0n) is 10.4. The smallest absolute Gasteiger partial charge is 0.166 e. The van der Waals surface area contributed by atoms with E-state index in [2.05, 4.69) is 10.3 Å². The maximum Gasteiger partial charge on any atom is 0.166 e. The molecule has 1 aromatic carbocycles. The van der Waals surface area contributed by atoms with E-state index < -0.39 is 0 Å². The number of halogens is 1. The van der Waals surface area contributed by atoms with Crippen LogP contribution in [-0.4, -0.2) is 11.3 Å². The number of rotatable bonds is 4. The Balaban J connectivity index is 2.29. The maximum atomic E-state index is 11.1. The zero-order valence-corrected chi connectivity index (χ0v) is 11.2. The summed E-state index contributed by atoms with van der Waals surface area (Å²) in [5, 5.41) is 3.59. The van der Waals surface area contributed by atoms with Gasteiger partial charge in [-0.3, -0.25) is 4.79 Å². The molecule has 0 aliphatic heterocycles. The number of hydrogen-bond acceptors (Lipinski definition) is 3. The highest BCUT2D eigenvalue weighted by molar-refractivity contribution is 6.32. The third-order valence-electron chi connectivity index (χ3n) is 2.60. The molecule has 4 heteroatoms. The topological polar surface area (TPSA) is 42.0 Å². The number of carbonyl (C=O) groups is 1. The minimum atomic E-state index is 0.409. The quantitative estimate of drug-likeness (QED) is 0.682. The number of allylic oxidation sites excluding steroid dienone is 1. The molecule has 0 bridgehead atoms. The summed E-state index contributed by atoms with van der Waals surface area (Å²) in [7, 11) is 0. The lowest BCUT2D eigenvalue weighted by Crippen LogP contribution is -2.02. The second kappa shape index (κ2) is 6.16. The lowest BCUT2D eigenvalue weighted by Gasteiger charge is -2.06. The van der Waals surface area contributed by atoms with E-state index in [0.29, 0.717) is 16.5 Å². The van der Waals surface area contributed by atoms with Crippen molar-refractivity contribution in [1.29, 1.82) is 0 Å². The highest BCUT2D eigenvalue weighted by Crippen LogP contribution is 2.22. The van der Waals surface area contributed by atoms with Crippen molar-refractivity contribution in [2.24, 2.45) is 0 Å². The number of nitrogens with zero attached hydrogens (tertiary/aromatic N) is 1. The average Bonchev–Trinajstić information content (AvgIpc) is 2.44. The van der Waals surface area contributed by atoms with Gasteiger partial charge in [0.05, 0.1) is 10.7 Å². The van der Waals surface area contributed by atoms with Gasteiger partial charge in [0, 0.05) is 6.20 Å². The molecule has 0 unspecified atom stereocenters. The molecule has 1 N–H and O–H groups in total. The molecule has 0 saturated heterocycles. The summed E-state index contributed by atoms with van der Waals surface area (Å²) < 4.78 is 0. The van der Waals surface area contributed by atoms with Gasteiger partial charge >= 0.3 is 0 Å². The Morgan fingerprint density at radius 2 is 2.11 bits per heavy atom. The second-order valence-corrected chi connectivity index (χ2v) is 4.41. The lowest BCUT2D eigenvalue weighted by molar-refractivity contribution is -0.104. The number of aryl methyl sites for hydroxylation is 1. The number of pyridine rings is 1. The van der Waals surface area contributed by atoms with Gasteiger partial charge in [0.25, 0.3) is 0 Å². The van der Waals surface area contributed by atoms with Crippen LogP contribution in [0.1, 0.15) is 11.1 Å². The first-order chi connectivity index (χ1) is 9.20. The average molecular weight is 273 g/mol. The molecule has 0 amide bonds. The van der Waals surface area contributed by atoms with E-state index in [1.165, 1.54) is 0 Å². The van der Waals surface area contributed by atoms with Gasteiger partial charge in [0.1, 0.15) is 5.82 Å². The van der Waals surface area contributed by atoms with E-state index in [0.717, 1.165) is 17.4 Å². The Kier molecular flexibility index (Phi) is 4.31. The molecule has 2 rings (SSSR count). The highest BCUT2D eigenvalue weighted by atomic mass is 35.5. The van der Waals surface area contributed by atoms with Crippen LogP contribution >= 0.6 is 11.6 Å². The number of carbonyl (C=O) groups excluding carboxylic acids is 1. The summed E-state index contributed by atoms with van der Waals surface area (Å²) in [5.41, 5.74) is 2.18. The molecule has 0 atom stereocenters. The molecule has 1 aromatic heterocycles. The Hall–Kier alpha value is -2.13. The molecular weight excluding hydrogens is 260 g/mol. The van der Waals surface area contributed by atoms with Crippen LogP contribution in [0.4, 0.5) is 5.82 Å². The number of hydrogen-bond donors (Lipinski definition) is 1. The van der Waals surface area contributed by atoms with Crippen LogP contribution in [0.2, 0.25) is 5.02 Å². The van der Waals surface area contributed by atoms with Gasteiger partial charge in [-0.2, -0.15) is 0 Å². The third kappa shape index (κ3) is 3.42. The number of aromatic nitrogens is 1. The largest absolute Gasteiger partial charge is 0.338 e. The number of benzene rings is 1. The Morgan fingerprint density at radius 3 is 2.79 bits per heavy atom. The van der Waals surface area contributed by atoms with E-state index in [1.807, 2.05) is 37.3 Å². The van der Waals surface area contributed by atoms with Crippen molar-refractivity contribution in [3.8, 4) is 0 Å². The standard InChI is InChI=1S/C15H13ClN2O/c1-11-5-4-6-12(15(11)16)9-13(10-19)18-14-7-2-3-8-17-14/h2-10H,1H3,(H,17,18)/b13-9+. The Bertz CT molecular complexity index is 609. The molecule has 0 aliphatic carbocycles. The lowest BCUT2D eigenvalue weighted by atomic mass is 10.1. The fourth-order valence-electron chi connectivity index (χ4n) is 1.63. The number of aldehydes is 1. The van der Waals surface area contributed by atoms with Gasteiger partial charge in [0.2, 0.25) is 0 Å². The molecule has 0 spiro atoms. The minimum absolute atomic E-state index is 0.409. The summed E-state index contributed by atoms with van der Waals surface area (Å²) in [6.07, 6.45) is 4.11. The first-order valence-corrected chi connectivity index (χ1v) is 6.18. The molecule has 96 valence electrons. The van der Waals surface area contributed by atoms with Gasteiger partial charge in [-0.15, -0.1) is 0 Å². The summed E-state index contributed by atoms with van der Waals surface area (Å²) in [5.74, 6) is 0.615. The third-order valence-corrected chi connectivity index (χ3v) is 3.11. The van der Waals surface area contributed by atoms with E-state index in [1.54, 1.807) is 18.3 Å². The van der Waals surface area contributed by atoms with Crippen molar-refractivity contribution in [2.45, 2.75) is 6.92 Å². The fourth-order valence-corrected chi connectivity index (χ4v) is 1.81. The van der Waals surface area contributed by atoms with Gasteiger partial charge in [-0.05, 0) is 36.3 Å². The molecule has 2 aromatic rings. The monoisotopic (exact) mass is 272 g/mol. The summed E-state index contributed by atoms with van der Waals surface area (Å²) >= 11 is 6.19. The second-order valence-electron chi connectivity index (χ2n) is 4.04. The maximum absolute atomic E-state index is 11.1. The van der Waals surface area contributed by atoms with Crippen LogP contribution in [0.5, 0.6) is 0 Å². The van der Waals surface area contributed by atoms with Crippen LogP contribution in [0, 0.1) is 6.92 Å². The predicted octanol–water partition coefficient (Wildman–Crippen LogP) is 3.70. The minimum Gasteiger partial charge on any atom is -0.338 e. The Labute approximate surface area is 116 Å². The van der Waals surface area contributed by atoms with Crippen LogP contribution in [0.3, 0.4) is 0 Å². The summed E-state index contributed by atoms with van der Waals surface area (Å²) in [4.78, 5) is 15.2. The molecule has 19 heavy (non-hydrogen) atoms. The van der Waals surface area contributed by atoms with Crippen molar-refractivity contribution >= 4 is 29.8 Å².